The Bertz CT molecular complexity index is 1140. The smallest absolute Gasteiger partial charge is 0.338 e. The van der Waals surface area contributed by atoms with Gasteiger partial charge in [-0.05, 0) is 34.9 Å². The lowest BCUT2D eigenvalue weighted by Crippen LogP contribution is -2.47. The van der Waals surface area contributed by atoms with E-state index in [0.717, 1.165) is 21.9 Å². The van der Waals surface area contributed by atoms with Gasteiger partial charge in [-0.1, -0.05) is 66.7 Å². The molecule has 0 saturated carbocycles. The summed E-state index contributed by atoms with van der Waals surface area (Å²) in [4.78, 5) is 29.1. The minimum Gasteiger partial charge on any atom is -0.457 e. The Hall–Kier alpha value is -3.60. The van der Waals surface area contributed by atoms with Crippen LogP contribution in [-0.4, -0.2) is 35.9 Å². The number of hydrogen-bond donors (Lipinski definition) is 0. The Morgan fingerprint density at radius 1 is 0.933 bits per heavy atom. The monoisotopic (exact) mass is 400 g/mol. The topological polar surface area (TPSA) is 49.9 Å². The molecule has 0 radical (unpaired) electrons. The van der Waals surface area contributed by atoms with E-state index in [-0.39, 0.29) is 12.6 Å². The Morgan fingerprint density at radius 3 is 2.33 bits per heavy atom. The first-order chi connectivity index (χ1) is 14.5. The number of rotatable bonds is 4. The van der Waals surface area contributed by atoms with Crippen LogP contribution in [0.2, 0.25) is 0 Å². The quantitative estimate of drug-likeness (QED) is 0.586. The van der Waals surface area contributed by atoms with Gasteiger partial charge < -0.3 is 14.5 Å². The number of fused-ring (bicyclic) bond motifs is 1. The van der Waals surface area contributed by atoms with Gasteiger partial charge in [-0.2, -0.15) is 0 Å². The first-order valence-electron chi connectivity index (χ1n) is 9.88. The fourth-order valence-electron chi connectivity index (χ4n) is 3.89. The molecule has 1 atom stereocenters. The van der Waals surface area contributed by atoms with E-state index >= 15 is 0 Å². The van der Waals surface area contributed by atoms with Crippen molar-refractivity contribution >= 4 is 22.8 Å². The number of allylic oxidation sites excluding steroid dienone is 1. The number of likely N-dealkylation sites (N-methyl/N-ethyl adjacent to an activating group) is 1. The molecule has 1 aliphatic rings. The van der Waals surface area contributed by atoms with Crippen LogP contribution in [0.1, 0.15) is 24.1 Å². The third-order valence-electron chi connectivity index (χ3n) is 5.66. The predicted molar refractivity (Wildman–Crippen MR) is 117 cm³/mol. The number of ether oxygens (including phenoxy) is 1. The van der Waals surface area contributed by atoms with E-state index < -0.39 is 12.0 Å². The van der Waals surface area contributed by atoms with Crippen LogP contribution in [0.25, 0.3) is 10.8 Å². The molecule has 0 fully saturated rings. The lowest BCUT2D eigenvalue weighted by Gasteiger charge is -2.39. The van der Waals surface area contributed by atoms with Crippen molar-refractivity contribution in [3.8, 4) is 0 Å². The lowest BCUT2D eigenvalue weighted by atomic mass is 9.92. The molecule has 5 heteroatoms. The zero-order valence-corrected chi connectivity index (χ0v) is 17.3. The normalized spacial score (nSPS) is 16.9. The summed E-state index contributed by atoms with van der Waals surface area (Å²) in [7, 11) is 3.39. The molecule has 0 aliphatic carbocycles. The van der Waals surface area contributed by atoms with Crippen LogP contribution in [0, 0.1) is 0 Å². The summed E-state index contributed by atoms with van der Waals surface area (Å²) in [6, 6.07) is 23.0. The molecule has 1 heterocycles. The van der Waals surface area contributed by atoms with Gasteiger partial charge in [0.15, 0.2) is 0 Å². The van der Waals surface area contributed by atoms with Crippen LogP contribution in [0.5, 0.6) is 0 Å². The second kappa shape index (κ2) is 8.03. The largest absolute Gasteiger partial charge is 0.457 e. The fourth-order valence-corrected chi connectivity index (χ4v) is 3.89. The van der Waals surface area contributed by atoms with E-state index in [0.29, 0.717) is 11.3 Å². The summed E-state index contributed by atoms with van der Waals surface area (Å²) in [6.07, 6.45) is 0. The van der Waals surface area contributed by atoms with E-state index in [1.165, 1.54) is 4.90 Å². The van der Waals surface area contributed by atoms with Crippen LogP contribution in [0.3, 0.4) is 0 Å². The number of amides is 2. The number of benzene rings is 3. The van der Waals surface area contributed by atoms with Crippen LogP contribution in [0.4, 0.5) is 4.79 Å². The highest BCUT2D eigenvalue weighted by atomic mass is 16.5. The average Bonchev–Trinajstić information content (AvgIpc) is 2.78. The minimum absolute atomic E-state index is 0.162. The molecular formula is C25H24N2O3. The summed E-state index contributed by atoms with van der Waals surface area (Å²) in [5.74, 6) is -0.416. The molecule has 0 saturated heterocycles. The highest BCUT2D eigenvalue weighted by Crippen LogP contribution is 2.37. The maximum Gasteiger partial charge on any atom is 0.338 e. The summed E-state index contributed by atoms with van der Waals surface area (Å²) in [6.45, 7) is 1.97. The van der Waals surface area contributed by atoms with Gasteiger partial charge >= 0.3 is 12.0 Å². The molecule has 3 aromatic rings. The Morgan fingerprint density at radius 2 is 1.60 bits per heavy atom. The SMILES string of the molecule is CC1=C(C(=O)OCc2ccccc2)[C@@H](c2ccc3ccccc3c2)N(C)C(=O)N1C. The number of nitrogens with zero attached hydrogens (tertiary/aromatic N) is 2. The van der Waals surface area contributed by atoms with Crippen molar-refractivity contribution in [2.75, 3.05) is 14.1 Å². The zero-order chi connectivity index (χ0) is 21.3. The van der Waals surface area contributed by atoms with Gasteiger partial charge in [-0.25, -0.2) is 9.59 Å². The van der Waals surface area contributed by atoms with Gasteiger partial charge in [0.2, 0.25) is 0 Å². The highest BCUT2D eigenvalue weighted by molar-refractivity contribution is 5.95. The van der Waals surface area contributed by atoms with E-state index in [1.807, 2.05) is 72.8 Å². The van der Waals surface area contributed by atoms with Gasteiger partial charge in [-0.15, -0.1) is 0 Å². The molecule has 152 valence electrons. The van der Waals surface area contributed by atoms with E-state index in [1.54, 1.807) is 25.9 Å². The van der Waals surface area contributed by atoms with Crippen molar-refractivity contribution in [3.05, 3.63) is 95.2 Å². The summed E-state index contributed by atoms with van der Waals surface area (Å²) in [5, 5.41) is 2.17. The maximum absolute atomic E-state index is 13.2. The molecule has 0 aromatic heterocycles. The van der Waals surface area contributed by atoms with Crippen molar-refractivity contribution in [3.63, 3.8) is 0 Å². The van der Waals surface area contributed by atoms with Crippen LogP contribution < -0.4 is 0 Å². The number of carbonyl (C=O) groups excluding carboxylic acids is 2. The second-order valence-corrected chi connectivity index (χ2v) is 7.52. The van der Waals surface area contributed by atoms with Crippen molar-refractivity contribution in [2.45, 2.75) is 19.6 Å². The first-order valence-corrected chi connectivity index (χ1v) is 9.88. The Balaban J connectivity index is 1.73. The highest BCUT2D eigenvalue weighted by Gasteiger charge is 2.39. The fraction of sp³-hybridized carbons (Fsp3) is 0.200. The van der Waals surface area contributed by atoms with Crippen molar-refractivity contribution in [2.24, 2.45) is 0 Å². The van der Waals surface area contributed by atoms with E-state index in [4.69, 9.17) is 4.74 Å². The molecule has 5 nitrogen and oxygen atoms in total. The predicted octanol–water partition coefficient (Wildman–Crippen LogP) is 4.90. The van der Waals surface area contributed by atoms with Gasteiger partial charge in [0.1, 0.15) is 6.61 Å². The molecule has 1 aliphatic heterocycles. The number of esters is 1. The summed E-state index contributed by atoms with van der Waals surface area (Å²) in [5.41, 5.74) is 2.88. The van der Waals surface area contributed by atoms with Crippen molar-refractivity contribution in [1.29, 1.82) is 0 Å². The molecular weight excluding hydrogens is 376 g/mol. The van der Waals surface area contributed by atoms with Gasteiger partial charge in [-0.3, -0.25) is 0 Å². The lowest BCUT2D eigenvalue weighted by molar-refractivity contribution is -0.141. The number of hydrogen-bond acceptors (Lipinski definition) is 3. The standard InChI is InChI=1S/C25H24N2O3/c1-17-22(24(28)30-16-18-9-5-4-6-10-18)23(27(3)25(29)26(17)2)21-14-13-19-11-7-8-12-20(19)15-21/h4-15,23H,16H2,1-3H3/t23-/m1/s1. The minimum atomic E-state index is -0.512. The molecule has 4 rings (SSSR count). The molecule has 2 amide bonds. The third kappa shape index (κ3) is 3.54. The first kappa shape index (κ1) is 19.7. The van der Waals surface area contributed by atoms with Gasteiger partial charge in [0.05, 0.1) is 11.6 Å². The average molecular weight is 400 g/mol. The van der Waals surface area contributed by atoms with Crippen molar-refractivity contribution in [1.82, 2.24) is 9.80 Å². The number of carbonyl (C=O) groups is 2. The number of urea groups is 1. The van der Waals surface area contributed by atoms with E-state index in [2.05, 4.69) is 0 Å². The molecule has 0 spiro atoms. The molecule has 0 N–H and O–H groups in total. The van der Waals surface area contributed by atoms with Gasteiger partial charge in [0.25, 0.3) is 0 Å². The second-order valence-electron chi connectivity index (χ2n) is 7.52. The third-order valence-corrected chi connectivity index (χ3v) is 5.66. The zero-order valence-electron chi connectivity index (χ0n) is 17.3. The Kier molecular flexibility index (Phi) is 5.27. The van der Waals surface area contributed by atoms with Crippen molar-refractivity contribution < 1.29 is 14.3 Å². The van der Waals surface area contributed by atoms with Crippen LogP contribution in [0.15, 0.2) is 84.1 Å². The van der Waals surface area contributed by atoms with E-state index in [9.17, 15) is 9.59 Å². The molecule has 0 bridgehead atoms. The molecule has 3 aromatic carbocycles. The molecule has 0 unspecified atom stereocenters. The van der Waals surface area contributed by atoms with Crippen LogP contribution in [-0.2, 0) is 16.1 Å². The maximum atomic E-state index is 13.2. The summed E-state index contributed by atoms with van der Waals surface area (Å²) < 4.78 is 5.65. The summed E-state index contributed by atoms with van der Waals surface area (Å²) >= 11 is 0. The van der Waals surface area contributed by atoms with Crippen LogP contribution >= 0.6 is 0 Å². The Labute approximate surface area is 176 Å². The molecule has 30 heavy (non-hydrogen) atoms. The van der Waals surface area contributed by atoms with Gasteiger partial charge in [0, 0.05) is 19.8 Å².